The van der Waals surface area contributed by atoms with Crippen LogP contribution in [0.2, 0.25) is 4.47 Å². The summed E-state index contributed by atoms with van der Waals surface area (Å²) in [6.45, 7) is 0. The molecular weight excluding hydrogens is 622 g/mol. The molecule has 0 aliphatic rings. The normalized spacial score (nSPS) is 12.5. The van der Waals surface area contributed by atoms with Gasteiger partial charge in [-0.25, -0.2) is 0 Å². The number of ketones is 1. The molecule has 0 radical (unpaired) electrons. The molecule has 0 atom stereocenters. The molecule has 1 heterocycles. The number of carbonyl (C=O) groups is 1. The van der Waals surface area contributed by atoms with Gasteiger partial charge in [0.15, 0.2) is 0 Å². The topological polar surface area (TPSA) is 17.1 Å². The van der Waals surface area contributed by atoms with Gasteiger partial charge in [-0.2, -0.15) is 0 Å². The Bertz CT molecular complexity index is 779. The predicted octanol–water partition coefficient (Wildman–Crippen LogP) is 5.30. The van der Waals surface area contributed by atoms with E-state index >= 15 is 0 Å². The third-order valence-corrected chi connectivity index (χ3v) is 19.3. The molecule has 0 spiro atoms. The number of fused-ring (bicyclic) bond motifs is 1. The Kier molecular flexibility index (Phi) is 5.27. The first kappa shape index (κ1) is 16.2. The van der Waals surface area contributed by atoms with Gasteiger partial charge in [0.2, 0.25) is 0 Å². The van der Waals surface area contributed by atoms with Crippen molar-refractivity contribution in [1.29, 1.82) is 0 Å². The molecule has 0 bridgehead atoms. The summed E-state index contributed by atoms with van der Waals surface area (Å²) in [5, 5.41) is 4.55. The molecular formula is C16H12I2OSTe. The van der Waals surface area contributed by atoms with Crippen molar-refractivity contribution >= 4 is 79.2 Å². The van der Waals surface area contributed by atoms with Crippen LogP contribution < -0.4 is 3.61 Å². The quantitative estimate of drug-likeness (QED) is 0.217. The van der Waals surface area contributed by atoms with E-state index in [1.165, 1.54) is 14.4 Å². The number of rotatable bonds is 4. The van der Waals surface area contributed by atoms with Gasteiger partial charge >= 0.3 is 153 Å². The summed E-state index contributed by atoms with van der Waals surface area (Å²) >= 11 is 6.73. The summed E-state index contributed by atoms with van der Waals surface area (Å²) in [7, 11) is -2.46. The van der Waals surface area contributed by atoms with Gasteiger partial charge in [0.05, 0.1) is 0 Å². The Morgan fingerprint density at radius 3 is 2.52 bits per heavy atom. The summed E-state index contributed by atoms with van der Waals surface area (Å²) in [6.07, 6.45) is 0. The zero-order valence-electron chi connectivity index (χ0n) is 11.0. The van der Waals surface area contributed by atoms with Crippen LogP contribution in [0, 0.1) is 0 Å². The molecule has 0 N–H and O–H groups in total. The van der Waals surface area contributed by atoms with Gasteiger partial charge < -0.3 is 0 Å². The van der Waals surface area contributed by atoms with Crippen molar-refractivity contribution in [1.82, 2.24) is 0 Å². The fraction of sp³-hybridized carbons (Fsp3) is 0.0625. The second-order valence-corrected chi connectivity index (χ2v) is 42.4. The van der Waals surface area contributed by atoms with Gasteiger partial charge in [0.25, 0.3) is 0 Å². The summed E-state index contributed by atoms with van der Waals surface area (Å²) in [6, 6.07) is 18.8. The number of thiophene rings is 1. The molecule has 0 saturated heterocycles. The number of hydrogen-bond donors (Lipinski definition) is 0. The molecule has 3 rings (SSSR count). The van der Waals surface area contributed by atoms with Crippen LogP contribution in [0.15, 0.2) is 60.0 Å². The van der Waals surface area contributed by atoms with E-state index < -0.39 is 10.3 Å². The maximum atomic E-state index is 12.5. The molecule has 0 saturated carbocycles. The molecule has 1 aromatic heterocycles. The van der Waals surface area contributed by atoms with E-state index in [4.69, 9.17) is 0 Å². The van der Waals surface area contributed by atoms with Gasteiger partial charge in [0.1, 0.15) is 0 Å². The molecule has 108 valence electrons. The van der Waals surface area contributed by atoms with Gasteiger partial charge in [-0.05, 0) is 0 Å². The van der Waals surface area contributed by atoms with E-state index in [0.29, 0.717) is 10.3 Å². The Hall–Kier alpha value is 0.320. The average molecular weight is 634 g/mol. The van der Waals surface area contributed by atoms with Crippen molar-refractivity contribution in [2.75, 3.05) is 0 Å². The van der Waals surface area contributed by atoms with E-state index in [0.717, 1.165) is 4.88 Å². The van der Waals surface area contributed by atoms with Crippen molar-refractivity contribution in [3.63, 3.8) is 0 Å². The molecule has 0 amide bonds. The molecule has 1 nitrogen and oxygen atoms in total. The van der Waals surface area contributed by atoms with E-state index in [2.05, 4.69) is 79.9 Å². The van der Waals surface area contributed by atoms with Crippen molar-refractivity contribution in [3.05, 3.63) is 64.9 Å². The summed E-state index contributed by atoms with van der Waals surface area (Å²) in [4.78, 5) is 13.4. The first-order valence-corrected chi connectivity index (χ1v) is 23.6. The predicted molar refractivity (Wildman–Crippen MR) is 111 cm³/mol. The minimum absolute atomic E-state index is 0.294. The van der Waals surface area contributed by atoms with Crippen molar-refractivity contribution in [3.8, 4) is 0 Å². The summed E-state index contributed by atoms with van der Waals surface area (Å²) in [5.41, 5.74) is 0. The van der Waals surface area contributed by atoms with Crippen LogP contribution in [0.25, 0.3) is 10.8 Å². The van der Waals surface area contributed by atoms with Crippen LogP contribution in [-0.2, 0) is 0 Å². The van der Waals surface area contributed by atoms with Gasteiger partial charge in [-0.3, -0.25) is 0 Å². The third kappa shape index (κ3) is 3.63. The van der Waals surface area contributed by atoms with Crippen LogP contribution in [0.3, 0.4) is 0 Å². The van der Waals surface area contributed by atoms with Crippen LogP contribution in [0.4, 0.5) is 0 Å². The first-order valence-electron chi connectivity index (χ1n) is 6.33. The Balaban J connectivity index is 1.98. The average Bonchev–Trinajstić information content (AvgIpc) is 3.00. The van der Waals surface area contributed by atoms with Crippen molar-refractivity contribution in [2.45, 2.75) is 4.47 Å². The molecule has 2 aromatic carbocycles. The summed E-state index contributed by atoms with van der Waals surface area (Å²) in [5.74, 6) is 0.294. The number of benzene rings is 2. The zero-order valence-corrected chi connectivity index (χ0v) is 18.4. The van der Waals surface area contributed by atoms with E-state index in [1.807, 2.05) is 17.5 Å². The van der Waals surface area contributed by atoms with Gasteiger partial charge in [-0.15, -0.1) is 0 Å². The van der Waals surface area contributed by atoms with Crippen LogP contribution in [0.5, 0.6) is 0 Å². The first-order chi connectivity index (χ1) is 10.1. The van der Waals surface area contributed by atoms with Crippen LogP contribution in [-0.4, -0.2) is 16.1 Å². The second-order valence-electron chi connectivity index (χ2n) is 4.60. The van der Waals surface area contributed by atoms with Gasteiger partial charge in [0, 0.05) is 0 Å². The second kappa shape index (κ2) is 6.83. The number of hydrogen-bond acceptors (Lipinski definition) is 2. The molecule has 0 unspecified atom stereocenters. The van der Waals surface area contributed by atoms with Crippen LogP contribution >= 0.6 is 48.7 Å². The van der Waals surface area contributed by atoms with Crippen LogP contribution in [0.1, 0.15) is 9.67 Å². The SMILES string of the molecule is O=C(C[Te](I)(I)c1cccc2ccccc12)c1cccs1. The molecule has 3 aromatic rings. The fourth-order valence-corrected chi connectivity index (χ4v) is 16.2. The maximum absolute atomic E-state index is 12.5. The zero-order chi connectivity index (χ0) is 14.9. The molecule has 0 fully saturated rings. The Labute approximate surface area is 151 Å². The van der Waals surface area contributed by atoms with E-state index in [1.54, 1.807) is 11.3 Å². The van der Waals surface area contributed by atoms with Crippen molar-refractivity contribution in [2.24, 2.45) is 0 Å². The monoisotopic (exact) mass is 636 g/mol. The molecule has 0 aliphatic heterocycles. The number of halogens is 2. The standard InChI is InChI=1S/C16H12I2OSTe/c17-21(18,11-14(19)15-8-4-10-20-15)16-9-3-6-12-5-1-2-7-13(12)16/h1-10H,11H2. The molecule has 0 aliphatic carbocycles. The van der Waals surface area contributed by atoms with E-state index in [9.17, 15) is 4.79 Å². The molecule has 21 heavy (non-hydrogen) atoms. The Morgan fingerprint density at radius 2 is 1.76 bits per heavy atom. The fourth-order valence-electron chi connectivity index (χ4n) is 2.21. The van der Waals surface area contributed by atoms with E-state index in [-0.39, 0.29) is 0 Å². The number of carbonyl (C=O) groups excluding carboxylic acids is 1. The van der Waals surface area contributed by atoms with Crippen molar-refractivity contribution < 1.29 is 4.79 Å². The Morgan fingerprint density at radius 1 is 1.00 bits per heavy atom. The molecule has 5 heteroatoms. The minimum atomic E-state index is -2.46. The number of Topliss-reactive ketones (excluding diaryl/α,β-unsaturated/α-hetero) is 1. The van der Waals surface area contributed by atoms with Gasteiger partial charge in [-0.1, -0.05) is 0 Å². The summed E-state index contributed by atoms with van der Waals surface area (Å²) < 4.78 is 2.10. The third-order valence-electron chi connectivity index (χ3n) is 3.18.